The Morgan fingerprint density at radius 3 is 2.30 bits per heavy atom. The summed E-state index contributed by atoms with van der Waals surface area (Å²) in [6.07, 6.45) is 9.72. The molecule has 4 aliphatic rings. The maximum absolute atomic E-state index is 12.3. The zero-order valence-corrected chi connectivity index (χ0v) is 35.1. The van der Waals surface area contributed by atoms with Crippen molar-refractivity contribution in [2.45, 2.75) is 73.0 Å². The fraction of sp³-hybridized carbons (Fsp3) is 0.514. The molecule has 2 aromatic carbocycles. The Balaban J connectivity index is 1.36. The summed E-state index contributed by atoms with van der Waals surface area (Å²) in [5.74, 6) is -0.846. The number of nitrogens with zero attached hydrogens (tertiary/aromatic N) is 4. The molecule has 0 radical (unpaired) electrons. The number of anilines is 1. The second-order valence-electron chi connectivity index (χ2n) is 14.6. The topological polar surface area (TPSA) is 207 Å². The lowest BCUT2D eigenvalue weighted by molar-refractivity contribution is -0.777. The normalized spacial score (nSPS) is 20.3. The second kappa shape index (κ2) is 18.2. The summed E-state index contributed by atoms with van der Waals surface area (Å²) in [5.41, 5.74) is 4.74. The Morgan fingerprint density at radius 2 is 1.67 bits per heavy atom. The SMILES string of the molecule is CCN1C(=CC=CC2=[N+](CC)c3ccc(S(=O)(=O)[O-])cc3C23CCN(CCCCS(=O)(=O)[O-])CC3)C2(CCN(CC(=O)ONS)CC2)c2cc(SOO[O-])ccc21. The molecule has 2 aromatic rings. The van der Waals surface area contributed by atoms with Crippen LogP contribution in [0.15, 0.2) is 70.1 Å². The number of thiol groups is 1. The predicted octanol–water partition coefficient (Wildman–Crippen LogP) is 2.81. The number of allylic oxidation sites excluding steroid dienone is 4. The van der Waals surface area contributed by atoms with E-state index in [2.05, 4.69) is 60.5 Å². The second-order valence-corrected chi connectivity index (χ2v) is 18.5. The highest BCUT2D eigenvalue weighted by Crippen LogP contribution is 2.54. The lowest BCUT2D eigenvalue weighted by Crippen LogP contribution is -2.46. The number of likely N-dealkylation sites (tertiary alicyclic amines) is 2. The Kier molecular flexibility index (Phi) is 13.9. The van der Waals surface area contributed by atoms with E-state index in [0.29, 0.717) is 82.8 Å². The minimum Gasteiger partial charge on any atom is -0.748 e. The molecule has 1 N–H and O–H groups in total. The molecule has 6 rings (SSSR count). The van der Waals surface area contributed by atoms with Gasteiger partial charge in [0.05, 0.1) is 39.0 Å². The quantitative estimate of drug-likeness (QED) is 0.0473. The van der Waals surface area contributed by atoms with E-state index in [9.17, 15) is 36.0 Å². The number of hydrogen-bond acceptors (Lipinski definition) is 17. The Labute approximate surface area is 343 Å². The summed E-state index contributed by atoms with van der Waals surface area (Å²) in [6, 6.07) is 10.5. The molecule has 4 heterocycles. The lowest BCUT2D eigenvalue weighted by atomic mass is 9.70. The average Bonchev–Trinajstić information content (AvgIpc) is 3.57. The van der Waals surface area contributed by atoms with Gasteiger partial charge in [0.25, 0.3) is 0 Å². The molecular formula is C37H47N5O11S4-2. The van der Waals surface area contributed by atoms with E-state index < -0.39 is 42.8 Å². The first-order chi connectivity index (χ1) is 27.2. The van der Waals surface area contributed by atoms with Gasteiger partial charge in [-0.25, -0.2) is 21.6 Å². The van der Waals surface area contributed by atoms with E-state index in [4.69, 9.17) is 4.84 Å². The van der Waals surface area contributed by atoms with E-state index in [1.165, 1.54) is 12.1 Å². The van der Waals surface area contributed by atoms with Gasteiger partial charge in [0.15, 0.2) is 5.71 Å². The summed E-state index contributed by atoms with van der Waals surface area (Å²) in [4.78, 5) is 26.2. The third-order valence-electron chi connectivity index (χ3n) is 11.7. The molecule has 2 fully saturated rings. The number of likely N-dealkylation sites (N-methyl/N-ethyl adjacent to an activating group) is 1. The minimum atomic E-state index is -4.72. The number of hydrogen-bond donors (Lipinski definition) is 2. The Hall–Kier alpha value is -2.86. The van der Waals surface area contributed by atoms with E-state index >= 15 is 0 Å². The summed E-state index contributed by atoms with van der Waals surface area (Å²) in [5, 5.41) is 14.3. The standard InChI is InChI=1S/C37H49N5O11S4/c1-3-41-31-12-10-27(55-53-52-44)24-29(31)36(16-21-40(22-17-36)26-35(43)51-38-54)33(41)8-7-9-34-37(14-19-39(20-15-37)18-5-6-23-56(45,46)47)30-25-28(57(48,49)50)11-13-32(30)42(34)4-2/h7-13,24-25,38,54H,3-6,14-23,26H2,1-2H3,(H2-,44,45,46,47,48,49,50)/p-2. The molecule has 2 spiro atoms. The molecular weight excluding hydrogens is 819 g/mol. The number of carbonyl (C=O) groups is 1. The third-order valence-corrected chi connectivity index (χ3v) is 14.0. The van der Waals surface area contributed by atoms with Crippen LogP contribution in [0.5, 0.6) is 0 Å². The van der Waals surface area contributed by atoms with Crippen LogP contribution in [0.25, 0.3) is 0 Å². The molecule has 312 valence electrons. The highest BCUT2D eigenvalue weighted by atomic mass is 32.2. The van der Waals surface area contributed by atoms with Gasteiger partial charge >= 0.3 is 5.97 Å². The summed E-state index contributed by atoms with van der Waals surface area (Å²) in [7, 11) is -9.01. The van der Waals surface area contributed by atoms with Crippen molar-refractivity contribution in [2.75, 3.05) is 63.0 Å². The van der Waals surface area contributed by atoms with Gasteiger partial charge in [-0.3, -0.25) is 9.94 Å². The molecule has 16 nitrogen and oxygen atoms in total. The lowest BCUT2D eigenvalue weighted by Gasteiger charge is -2.41. The molecule has 0 aliphatic carbocycles. The fourth-order valence-electron chi connectivity index (χ4n) is 9.17. The minimum absolute atomic E-state index is 0.0974. The van der Waals surface area contributed by atoms with E-state index in [0.717, 1.165) is 46.0 Å². The van der Waals surface area contributed by atoms with E-state index in [1.807, 2.05) is 36.1 Å². The first-order valence-corrected chi connectivity index (χ1v) is 23.0. The first kappa shape index (κ1) is 43.7. The maximum atomic E-state index is 12.3. The zero-order chi connectivity index (χ0) is 41.0. The van der Waals surface area contributed by atoms with E-state index in [1.54, 1.807) is 6.07 Å². The summed E-state index contributed by atoms with van der Waals surface area (Å²) in [6.45, 7) is 8.58. The number of fused-ring (bicyclic) bond motifs is 4. The third kappa shape index (κ3) is 9.32. The molecule has 4 aliphatic heterocycles. The van der Waals surface area contributed by atoms with Crippen molar-refractivity contribution in [3.05, 3.63) is 71.5 Å². The Bertz CT molecular complexity index is 2130. The number of benzene rings is 2. The largest absolute Gasteiger partial charge is 0.748 e. The van der Waals surface area contributed by atoms with Crippen LogP contribution in [0, 0.1) is 0 Å². The van der Waals surface area contributed by atoms with Crippen LogP contribution < -0.4 is 15.0 Å². The molecule has 57 heavy (non-hydrogen) atoms. The van der Waals surface area contributed by atoms with Crippen LogP contribution in [-0.4, -0.2) is 110 Å². The Morgan fingerprint density at radius 1 is 0.965 bits per heavy atom. The predicted molar refractivity (Wildman–Crippen MR) is 211 cm³/mol. The molecule has 0 unspecified atom stereocenters. The number of piperidine rings is 2. The van der Waals surface area contributed by atoms with Crippen molar-refractivity contribution < 1.29 is 54.8 Å². The van der Waals surface area contributed by atoms with Crippen LogP contribution in [-0.2, 0) is 50.1 Å². The fourth-order valence-corrected chi connectivity index (χ4v) is 10.7. The van der Waals surface area contributed by atoms with Crippen molar-refractivity contribution >= 4 is 68.1 Å². The van der Waals surface area contributed by atoms with Crippen LogP contribution in [0.3, 0.4) is 0 Å². The van der Waals surface area contributed by atoms with Gasteiger partial charge in [-0.15, -0.1) is 0 Å². The van der Waals surface area contributed by atoms with Crippen molar-refractivity contribution in [3.8, 4) is 0 Å². The summed E-state index contributed by atoms with van der Waals surface area (Å²) >= 11 is 4.60. The van der Waals surface area contributed by atoms with Crippen LogP contribution in [0.4, 0.5) is 11.4 Å². The van der Waals surface area contributed by atoms with Gasteiger partial charge < -0.3 is 29.0 Å². The van der Waals surface area contributed by atoms with Gasteiger partial charge in [-0.1, -0.05) is 23.8 Å². The van der Waals surface area contributed by atoms with Crippen molar-refractivity contribution in [3.63, 3.8) is 0 Å². The number of carbonyl (C=O) groups excluding carboxylic acids is 1. The molecule has 0 saturated carbocycles. The van der Waals surface area contributed by atoms with E-state index in [-0.39, 0.29) is 17.9 Å². The highest BCUT2D eigenvalue weighted by Gasteiger charge is 2.53. The van der Waals surface area contributed by atoms with Crippen molar-refractivity contribution in [1.82, 2.24) is 14.7 Å². The molecule has 0 bridgehead atoms. The van der Waals surface area contributed by atoms with Gasteiger partial charge in [-0.05, 0) is 127 Å². The number of unbranched alkanes of at least 4 members (excludes halogenated alkanes) is 1. The van der Waals surface area contributed by atoms with Gasteiger partial charge in [-0.2, -0.15) is 8.91 Å². The zero-order valence-electron chi connectivity index (χ0n) is 31.8. The molecule has 0 aromatic heterocycles. The smallest absolute Gasteiger partial charge is 0.339 e. The van der Waals surface area contributed by atoms with Gasteiger partial charge in [0, 0.05) is 51.7 Å². The molecule has 0 amide bonds. The van der Waals surface area contributed by atoms with Crippen molar-refractivity contribution in [1.29, 1.82) is 0 Å². The first-order valence-electron chi connectivity index (χ1n) is 18.9. The molecule has 20 heteroatoms. The average molecular weight is 866 g/mol. The number of rotatable bonds is 16. The summed E-state index contributed by atoms with van der Waals surface area (Å²) < 4.78 is 77.0. The van der Waals surface area contributed by atoms with Crippen LogP contribution >= 0.6 is 24.9 Å². The number of nitrogens with one attached hydrogen (secondary N) is 1. The van der Waals surface area contributed by atoms with Gasteiger partial charge in [0.1, 0.15) is 16.7 Å². The maximum Gasteiger partial charge on any atom is 0.339 e. The van der Waals surface area contributed by atoms with Crippen molar-refractivity contribution in [2.24, 2.45) is 0 Å². The van der Waals surface area contributed by atoms with Crippen LogP contribution in [0.2, 0.25) is 0 Å². The molecule has 2 saturated heterocycles. The van der Waals surface area contributed by atoms with Gasteiger partial charge in [0.2, 0.25) is 5.69 Å². The monoisotopic (exact) mass is 865 g/mol. The van der Waals surface area contributed by atoms with Crippen LogP contribution in [0.1, 0.15) is 63.5 Å². The molecule has 0 atom stereocenters. The highest BCUT2D eigenvalue weighted by molar-refractivity contribution is 7.94.